The number of hydrogen-bond acceptors (Lipinski definition) is 1. The molecule has 0 radical (unpaired) electrons. The van der Waals surface area contributed by atoms with Gasteiger partial charge in [0.1, 0.15) is 0 Å². The monoisotopic (exact) mass is 236 g/mol. The molecule has 0 saturated carbocycles. The van der Waals surface area contributed by atoms with Gasteiger partial charge in [0.2, 0.25) is 0 Å². The standard InChI is InChI=1S/C13H20N2S/c1-13(2,3)11-7-5-10(6-8-11)9-15-12(16)14-4/h5-8H,9H2,1-4H3,(H2,14,15,16). The second-order valence-electron chi connectivity index (χ2n) is 4.88. The zero-order chi connectivity index (χ0) is 12.2. The van der Waals surface area contributed by atoms with Gasteiger partial charge in [-0.05, 0) is 28.8 Å². The molecule has 1 aromatic carbocycles. The summed E-state index contributed by atoms with van der Waals surface area (Å²) in [5.74, 6) is 0. The maximum Gasteiger partial charge on any atom is 0.166 e. The van der Waals surface area contributed by atoms with Crippen molar-refractivity contribution < 1.29 is 0 Å². The molecule has 2 N–H and O–H groups in total. The Balaban J connectivity index is 2.62. The van der Waals surface area contributed by atoms with E-state index in [-0.39, 0.29) is 5.41 Å². The fraction of sp³-hybridized carbons (Fsp3) is 0.462. The average Bonchev–Trinajstić information content (AvgIpc) is 2.25. The summed E-state index contributed by atoms with van der Waals surface area (Å²) in [4.78, 5) is 0. The first-order chi connectivity index (χ1) is 7.43. The number of rotatable bonds is 2. The zero-order valence-electron chi connectivity index (χ0n) is 10.4. The third-order valence-electron chi connectivity index (χ3n) is 2.50. The predicted octanol–water partition coefficient (Wildman–Crippen LogP) is 2.58. The summed E-state index contributed by atoms with van der Waals surface area (Å²) in [5, 5.41) is 6.70. The van der Waals surface area contributed by atoms with Crippen LogP contribution in [0.1, 0.15) is 31.9 Å². The number of thiocarbonyl (C=S) groups is 1. The third-order valence-corrected chi connectivity index (χ3v) is 2.85. The Labute approximate surface area is 103 Å². The molecule has 0 aliphatic carbocycles. The highest BCUT2D eigenvalue weighted by Crippen LogP contribution is 2.21. The summed E-state index contributed by atoms with van der Waals surface area (Å²) in [6, 6.07) is 8.65. The molecule has 0 amide bonds. The van der Waals surface area contributed by atoms with E-state index in [1.807, 2.05) is 7.05 Å². The van der Waals surface area contributed by atoms with Crippen molar-refractivity contribution in [1.29, 1.82) is 0 Å². The van der Waals surface area contributed by atoms with E-state index in [9.17, 15) is 0 Å². The maximum absolute atomic E-state index is 5.02. The van der Waals surface area contributed by atoms with Crippen LogP contribution in [0.2, 0.25) is 0 Å². The molecule has 0 aliphatic heterocycles. The van der Waals surface area contributed by atoms with E-state index in [4.69, 9.17) is 12.2 Å². The molecule has 0 saturated heterocycles. The van der Waals surface area contributed by atoms with Crippen LogP contribution in [-0.4, -0.2) is 12.2 Å². The van der Waals surface area contributed by atoms with Crippen LogP contribution in [0.25, 0.3) is 0 Å². The Morgan fingerprint density at radius 3 is 2.19 bits per heavy atom. The van der Waals surface area contributed by atoms with E-state index < -0.39 is 0 Å². The maximum atomic E-state index is 5.02. The lowest BCUT2D eigenvalue weighted by atomic mass is 9.87. The highest BCUT2D eigenvalue weighted by molar-refractivity contribution is 7.80. The molecule has 0 atom stereocenters. The molecule has 16 heavy (non-hydrogen) atoms. The summed E-state index contributed by atoms with van der Waals surface area (Å²) in [7, 11) is 1.82. The van der Waals surface area contributed by atoms with E-state index >= 15 is 0 Å². The van der Waals surface area contributed by atoms with Gasteiger partial charge in [-0.25, -0.2) is 0 Å². The van der Waals surface area contributed by atoms with E-state index in [2.05, 4.69) is 55.7 Å². The van der Waals surface area contributed by atoms with Gasteiger partial charge in [-0.15, -0.1) is 0 Å². The Bertz CT molecular complexity index is 349. The number of benzene rings is 1. The summed E-state index contributed by atoms with van der Waals surface area (Å²) in [6.45, 7) is 7.42. The van der Waals surface area contributed by atoms with Crippen LogP contribution >= 0.6 is 12.2 Å². The van der Waals surface area contributed by atoms with Crippen LogP contribution in [0.5, 0.6) is 0 Å². The number of nitrogens with one attached hydrogen (secondary N) is 2. The highest BCUT2D eigenvalue weighted by Gasteiger charge is 2.12. The molecule has 0 aromatic heterocycles. The molecule has 0 heterocycles. The van der Waals surface area contributed by atoms with Crippen molar-refractivity contribution in [2.45, 2.75) is 32.7 Å². The summed E-state index contributed by atoms with van der Waals surface area (Å²) in [6.07, 6.45) is 0. The highest BCUT2D eigenvalue weighted by atomic mass is 32.1. The molecule has 0 aliphatic rings. The lowest BCUT2D eigenvalue weighted by Crippen LogP contribution is -2.31. The predicted molar refractivity (Wildman–Crippen MR) is 73.6 cm³/mol. The summed E-state index contributed by atoms with van der Waals surface area (Å²) in [5.41, 5.74) is 2.81. The van der Waals surface area contributed by atoms with Crippen molar-refractivity contribution in [3.05, 3.63) is 35.4 Å². The smallest absolute Gasteiger partial charge is 0.166 e. The van der Waals surface area contributed by atoms with E-state index in [1.165, 1.54) is 11.1 Å². The minimum atomic E-state index is 0.215. The van der Waals surface area contributed by atoms with Crippen LogP contribution in [0.3, 0.4) is 0 Å². The van der Waals surface area contributed by atoms with Crippen molar-refractivity contribution in [3.8, 4) is 0 Å². The van der Waals surface area contributed by atoms with Crippen molar-refractivity contribution >= 4 is 17.3 Å². The second kappa shape index (κ2) is 5.30. The zero-order valence-corrected chi connectivity index (χ0v) is 11.2. The molecule has 3 heteroatoms. The average molecular weight is 236 g/mol. The Morgan fingerprint density at radius 1 is 1.19 bits per heavy atom. The van der Waals surface area contributed by atoms with E-state index in [1.54, 1.807) is 0 Å². The Hall–Kier alpha value is -1.09. The minimum absolute atomic E-state index is 0.215. The first-order valence-corrected chi connectivity index (χ1v) is 5.89. The fourth-order valence-corrected chi connectivity index (χ4v) is 1.47. The molecular weight excluding hydrogens is 216 g/mol. The van der Waals surface area contributed by atoms with Crippen molar-refractivity contribution in [2.24, 2.45) is 0 Å². The topological polar surface area (TPSA) is 24.1 Å². The lowest BCUT2D eigenvalue weighted by molar-refractivity contribution is 0.590. The largest absolute Gasteiger partial charge is 0.366 e. The first-order valence-electron chi connectivity index (χ1n) is 5.48. The fourth-order valence-electron chi connectivity index (χ4n) is 1.39. The van der Waals surface area contributed by atoms with Gasteiger partial charge in [0.05, 0.1) is 0 Å². The van der Waals surface area contributed by atoms with Gasteiger partial charge in [0.15, 0.2) is 5.11 Å². The van der Waals surface area contributed by atoms with Gasteiger partial charge in [0, 0.05) is 13.6 Å². The van der Waals surface area contributed by atoms with Gasteiger partial charge >= 0.3 is 0 Å². The van der Waals surface area contributed by atoms with Gasteiger partial charge in [-0.3, -0.25) is 0 Å². The Kier molecular flexibility index (Phi) is 4.30. The van der Waals surface area contributed by atoms with Gasteiger partial charge in [0.25, 0.3) is 0 Å². The molecule has 0 fully saturated rings. The van der Waals surface area contributed by atoms with Crippen LogP contribution in [0.15, 0.2) is 24.3 Å². The summed E-state index contributed by atoms with van der Waals surface area (Å²) < 4.78 is 0. The first kappa shape index (κ1) is 13.0. The van der Waals surface area contributed by atoms with Crippen LogP contribution in [0, 0.1) is 0 Å². The van der Waals surface area contributed by atoms with Gasteiger partial charge < -0.3 is 10.6 Å². The minimum Gasteiger partial charge on any atom is -0.366 e. The van der Waals surface area contributed by atoms with Crippen LogP contribution in [-0.2, 0) is 12.0 Å². The SMILES string of the molecule is CNC(=S)NCc1ccc(C(C)(C)C)cc1. The molecule has 1 rings (SSSR count). The normalized spacial score (nSPS) is 11.0. The molecular formula is C13H20N2S. The van der Waals surface area contributed by atoms with Gasteiger partial charge in [-0.1, -0.05) is 45.0 Å². The molecule has 2 nitrogen and oxygen atoms in total. The second-order valence-corrected chi connectivity index (χ2v) is 5.29. The van der Waals surface area contributed by atoms with Crippen LogP contribution in [0.4, 0.5) is 0 Å². The van der Waals surface area contributed by atoms with E-state index in [0.29, 0.717) is 5.11 Å². The Morgan fingerprint density at radius 2 is 1.75 bits per heavy atom. The molecule has 88 valence electrons. The molecule has 1 aromatic rings. The van der Waals surface area contributed by atoms with Crippen LogP contribution < -0.4 is 10.6 Å². The van der Waals surface area contributed by atoms with Crippen molar-refractivity contribution in [1.82, 2.24) is 10.6 Å². The molecule has 0 unspecified atom stereocenters. The lowest BCUT2D eigenvalue weighted by Gasteiger charge is -2.19. The summed E-state index contributed by atoms with van der Waals surface area (Å²) >= 11 is 5.02. The van der Waals surface area contributed by atoms with Gasteiger partial charge in [-0.2, -0.15) is 0 Å². The molecule has 0 spiro atoms. The van der Waals surface area contributed by atoms with Crippen molar-refractivity contribution in [2.75, 3.05) is 7.05 Å². The third kappa shape index (κ3) is 3.81. The number of hydrogen-bond donors (Lipinski definition) is 2. The molecule has 0 bridgehead atoms. The quantitative estimate of drug-likeness (QED) is 0.772. The van der Waals surface area contributed by atoms with E-state index in [0.717, 1.165) is 6.54 Å². The van der Waals surface area contributed by atoms with Crippen molar-refractivity contribution in [3.63, 3.8) is 0 Å².